The monoisotopic (exact) mass is 370 g/mol. The van der Waals surface area contributed by atoms with Crippen molar-refractivity contribution in [3.63, 3.8) is 0 Å². The Kier molecular flexibility index (Phi) is 4.57. The highest BCUT2D eigenvalue weighted by Crippen LogP contribution is 2.31. The Morgan fingerprint density at radius 1 is 0.786 bits per heavy atom. The van der Waals surface area contributed by atoms with Gasteiger partial charge in [-0.3, -0.25) is 0 Å². The smallest absolute Gasteiger partial charge is 0.333 e. The predicted octanol–water partition coefficient (Wildman–Crippen LogP) is 4.59. The molecule has 1 radical (unpaired) electrons. The SMILES string of the molecule is CC(C)(O)C(C)(C)O[B]c1cccc2c3ccccc3n(-c3ccccc3)c12. The number of hydrogen-bond acceptors (Lipinski definition) is 2. The van der Waals surface area contributed by atoms with Crippen LogP contribution in [-0.2, 0) is 4.65 Å². The van der Waals surface area contributed by atoms with Gasteiger partial charge in [0, 0.05) is 16.5 Å². The van der Waals surface area contributed by atoms with Crippen molar-refractivity contribution in [1.29, 1.82) is 0 Å². The molecule has 0 saturated heterocycles. The Morgan fingerprint density at radius 2 is 1.43 bits per heavy atom. The minimum atomic E-state index is -0.969. The highest BCUT2D eigenvalue weighted by atomic mass is 16.5. The van der Waals surface area contributed by atoms with Crippen LogP contribution >= 0.6 is 0 Å². The van der Waals surface area contributed by atoms with E-state index in [4.69, 9.17) is 4.65 Å². The van der Waals surface area contributed by atoms with E-state index in [9.17, 15) is 5.11 Å². The molecule has 0 aliphatic carbocycles. The number of rotatable bonds is 5. The lowest BCUT2D eigenvalue weighted by Crippen LogP contribution is -2.49. The summed E-state index contributed by atoms with van der Waals surface area (Å²) in [7, 11) is 1.78. The molecule has 1 heterocycles. The third kappa shape index (κ3) is 3.13. The highest BCUT2D eigenvalue weighted by molar-refractivity contribution is 6.52. The van der Waals surface area contributed by atoms with Crippen LogP contribution in [0, 0.1) is 0 Å². The van der Waals surface area contributed by atoms with Crippen molar-refractivity contribution in [2.45, 2.75) is 38.9 Å². The summed E-state index contributed by atoms with van der Waals surface area (Å²) in [6.07, 6.45) is 0. The lowest BCUT2D eigenvalue weighted by Gasteiger charge is -2.37. The van der Waals surface area contributed by atoms with Crippen molar-refractivity contribution in [3.05, 3.63) is 72.8 Å². The van der Waals surface area contributed by atoms with E-state index in [1.165, 1.54) is 10.8 Å². The second-order valence-electron chi connectivity index (χ2n) is 8.24. The van der Waals surface area contributed by atoms with Crippen LogP contribution in [0.1, 0.15) is 27.7 Å². The molecule has 3 aromatic carbocycles. The minimum Gasteiger partial charge on any atom is -0.427 e. The topological polar surface area (TPSA) is 34.4 Å². The predicted molar refractivity (Wildman–Crippen MR) is 118 cm³/mol. The Hall–Kier alpha value is -2.56. The largest absolute Gasteiger partial charge is 0.427 e. The normalized spacial score (nSPS) is 12.6. The van der Waals surface area contributed by atoms with E-state index < -0.39 is 11.2 Å². The molecule has 0 spiro atoms. The zero-order valence-corrected chi connectivity index (χ0v) is 16.8. The molecule has 0 amide bonds. The van der Waals surface area contributed by atoms with Gasteiger partial charge in [0.2, 0.25) is 0 Å². The number of para-hydroxylation sites is 3. The van der Waals surface area contributed by atoms with Gasteiger partial charge in [0.1, 0.15) is 0 Å². The van der Waals surface area contributed by atoms with E-state index in [0.29, 0.717) is 0 Å². The number of fused-ring (bicyclic) bond motifs is 3. The van der Waals surface area contributed by atoms with E-state index in [-0.39, 0.29) is 0 Å². The molecule has 0 aliphatic heterocycles. The highest BCUT2D eigenvalue weighted by Gasteiger charge is 2.36. The van der Waals surface area contributed by atoms with Crippen molar-refractivity contribution in [3.8, 4) is 5.69 Å². The van der Waals surface area contributed by atoms with Crippen LogP contribution in [0.4, 0.5) is 0 Å². The zero-order valence-electron chi connectivity index (χ0n) is 16.8. The van der Waals surface area contributed by atoms with Gasteiger partial charge in [-0.05, 0) is 51.4 Å². The number of hydrogen-bond donors (Lipinski definition) is 1. The molecule has 1 aromatic heterocycles. The maximum absolute atomic E-state index is 10.4. The summed E-state index contributed by atoms with van der Waals surface area (Å²) in [5.74, 6) is 0. The molecule has 4 heteroatoms. The zero-order chi connectivity index (χ0) is 19.9. The van der Waals surface area contributed by atoms with E-state index in [1.54, 1.807) is 21.3 Å². The standard InChI is InChI=1S/C24H25BNO2/c1-23(2,27)24(3,4)28-25-20-15-10-14-19-18-13-8-9-16-21(18)26(22(19)20)17-11-6-5-7-12-17/h5-16,27H,1-4H3. The van der Waals surface area contributed by atoms with Crippen LogP contribution in [0.15, 0.2) is 72.8 Å². The van der Waals surface area contributed by atoms with Gasteiger partial charge in [-0.1, -0.05) is 54.6 Å². The van der Waals surface area contributed by atoms with Crippen molar-refractivity contribution in [2.24, 2.45) is 0 Å². The fraction of sp³-hybridized carbons (Fsp3) is 0.250. The van der Waals surface area contributed by atoms with E-state index in [2.05, 4.69) is 71.3 Å². The molecule has 0 atom stereocenters. The summed E-state index contributed by atoms with van der Waals surface area (Å²) < 4.78 is 8.36. The summed E-state index contributed by atoms with van der Waals surface area (Å²) in [6.45, 7) is 7.33. The summed E-state index contributed by atoms with van der Waals surface area (Å²) in [5, 5.41) is 12.8. The van der Waals surface area contributed by atoms with Gasteiger partial charge in [-0.15, -0.1) is 0 Å². The Labute approximate surface area is 166 Å². The lowest BCUT2D eigenvalue weighted by atomic mass is 9.81. The third-order valence-electron chi connectivity index (χ3n) is 5.69. The number of benzene rings is 3. The van der Waals surface area contributed by atoms with Gasteiger partial charge in [0.25, 0.3) is 0 Å². The molecule has 3 nitrogen and oxygen atoms in total. The molecule has 0 saturated carbocycles. The second-order valence-corrected chi connectivity index (χ2v) is 8.24. The molecular formula is C24H25BNO2. The first kappa shape index (κ1) is 18.8. The van der Waals surface area contributed by atoms with Crippen LogP contribution in [-0.4, -0.2) is 28.4 Å². The molecule has 0 bridgehead atoms. The first-order valence-corrected chi connectivity index (χ1v) is 9.60. The molecule has 4 aromatic rings. The number of aromatic nitrogens is 1. The quantitative estimate of drug-likeness (QED) is 0.521. The molecule has 28 heavy (non-hydrogen) atoms. The summed E-state index contributed by atoms with van der Waals surface area (Å²) in [6, 6.07) is 25.1. The first-order valence-electron chi connectivity index (χ1n) is 9.60. The average Bonchev–Trinajstić information content (AvgIpc) is 3.01. The maximum atomic E-state index is 10.4. The van der Waals surface area contributed by atoms with Crippen LogP contribution in [0.2, 0.25) is 0 Å². The fourth-order valence-corrected chi connectivity index (χ4v) is 3.34. The van der Waals surface area contributed by atoms with Gasteiger partial charge in [-0.2, -0.15) is 0 Å². The van der Waals surface area contributed by atoms with Crippen LogP contribution in [0.3, 0.4) is 0 Å². The summed E-state index contributed by atoms with van der Waals surface area (Å²) >= 11 is 0. The van der Waals surface area contributed by atoms with Crippen molar-refractivity contribution < 1.29 is 9.76 Å². The van der Waals surface area contributed by atoms with Gasteiger partial charge >= 0.3 is 7.48 Å². The average molecular weight is 370 g/mol. The molecule has 4 rings (SSSR count). The van der Waals surface area contributed by atoms with Gasteiger partial charge in [0.05, 0.1) is 22.2 Å². The maximum Gasteiger partial charge on any atom is 0.333 e. The van der Waals surface area contributed by atoms with Gasteiger partial charge < -0.3 is 14.3 Å². The second kappa shape index (κ2) is 6.80. The summed E-state index contributed by atoms with van der Waals surface area (Å²) in [5.41, 5.74) is 2.65. The van der Waals surface area contributed by atoms with Crippen molar-refractivity contribution in [1.82, 2.24) is 4.57 Å². The van der Waals surface area contributed by atoms with E-state index in [1.807, 2.05) is 19.9 Å². The van der Waals surface area contributed by atoms with E-state index in [0.717, 1.165) is 22.2 Å². The van der Waals surface area contributed by atoms with Crippen LogP contribution < -0.4 is 5.46 Å². The van der Waals surface area contributed by atoms with Gasteiger partial charge in [0.15, 0.2) is 0 Å². The summed E-state index contributed by atoms with van der Waals surface area (Å²) in [4.78, 5) is 0. The van der Waals surface area contributed by atoms with Crippen molar-refractivity contribution >= 4 is 34.8 Å². The molecule has 0 unspecified atom stereocenters. The third-order valence-corrected chi connectivity index (χ3v) is 5.69. The van der Waals surface area contributed by atoms with Crippen molar-refractivity contribution in [2.75, 3.05) is 0 Å². The Morgan fingerprint density at radius 3 is 2.14 bits per heavy atom. The molecule has 141 valence electrons. The Balaban J connectivity index is 1.92. The molecule has 0 aliphatic rings. The number of nitrogens with zero attached hydrogens (tertiary/aromatic N) is 1. The molecule has 0 fully saturated rings. The fourth-order valence-electron chi connectivity index (χ4n) is 3.34. The van der Waals surface area contributed by atoms with E-state index >= 15 is 0 Å². The number of aliphatic hydroxyl groups is 1. The van der Waals surface area contributed by atoms with Gasteiger partial charge in [-0.25, -0.2) is 0 Å². The van der Waals surface area contributed by atoms with Crippen LogP contribution in [0.25, 0.3) is 27.5 Å². The van der Waals surface area contributed by atoms with Crippen LogP contribution in [0.5, 0.6) is 0 Å². The first-order chi connectivity index (χ1) is 13.3. The lowest BCUT2D eigenvalue weighted by molar-refractivity contribution is -0.0893. The minimum absolute atomic E-state index is 0.723. The molecular weight excluding hydrogens is 345 g/mol. The Bertz CT molecular complexity index is 1120. The molecule has 1 N–H and O–H groups in total.